The van der Waals surface area contributed by atoms with Gasteiger partial charge in [-0.15, -0.1) is 0 Å². The van der Waals surface area contributed by atoms with Gasteiger partial charge in [0.2, 0.25) is 0 Å². The first-order chi connectivity index (χ1) is 3.72. The molecule has 0 spiro atoms. The van der Waals surface area contributed by atoms with E-state index in [4.69, 9.17) is 16.3 Å². The molecule has 2 unspecified atom stereocenters. The average Bonchev–Trinajstić information content (AvgIpc) is 1.84. The largest absolute Gasteiger partial charge is 0.365 e. The molecule has 0 aliphatic rings. The van der Waals surface area contributed by atoms with Gasteiger partial charge in [-0.25, -0.2) is 0 Å². The summed E-state index contributed by atoms with van der Waals surface area (Å²) in [6, 6.07) is 0. The van der Waals surface area contributed by atoms with Crippen LogP contribution in [0.3, 0.4) is 0 Å². The van der Waals surface area contributed by atoms with E-state index in [0.717, 1.165) is 6.42 Å². The highest BCUT2D eigenvalue weighted by atomic mass is 35.5. The highest BCUT2D eigenvalue weighted by Crippen LogP contribution is 2.13. The molecule has 0 saturated carbocycles. The maximum absolute atomic E-state index is 5.69. The van der Waals surface area contributed by atoms with Gasteiger partial charge < -0.3 is 4.74 Å². The number of alkyl halides is 1. The summed E-state index contributed by atoms with van der Waals surface area (Å²) in [7, 11) is 1.63. The lowest BCUT2D eigenvalue weighted by atomic mass is 10.1. The fourth-order valence-electron chi connectivity index (χ4n) is 0.418. The highest BCUT2D eigenvalue weighted by Gasteiger charge is 2.09. The molecule has 1 nitrogen and oxygen atoms in total. The third-order valence-corrected chi connectivity index (χ3v) is 1.92. The van der Waals surface area contributed by atoms with Crippen molar-refractivity contribution in [3.8, 4) is 0 Å². The lowest BCUT2D eigenvalue weighted by Gasteiger charge is -2.12. The predicted molar refractivity (Wildman–Crippen MR) is 36.1 cm³/mol. The molecular formula is C6H13ClO. The van der Waals surface area contributed by atoms with Gasteiger partial charge >= 0.3 is 0 Å². The van der Waals surface area contributed by atoms with Crippen molar-refractivity contribution < 1.29 is 4.74 Å². The molecule has 0 aromatic carbocycles. The van der Waals surface area contributed by atoms with Gasteiger partial charge in [-0.2, -0.15) is 0 Å². The first kappa shape index (κ1) is 8.25. The molecule has 0 heterocycles. The van der Waals surface area contributed by atoms with Gasteiger partial charge in [0.25, 0.3) is 0 Å². The van der Waals surface area contributed by atoms with Gasteiger partial charge in [-0.05, 0) is 12.3 Å². The zero-order chi connectivity index (χ0) is 6.57. The van der Waals surface area contributed by atoms with Crippen molar-refractivity contribution in [1.82, 2.24) is 0 Å². The van der Waals surface area contributed by atoms with Gasteiger partial charge in [0.05, 0.1) is 0 Å². The first-order valence-electron chi connectivity index (χ1n) is 2.89. The first-order valence-corrected chi connectivity index (χ1v) is 3.32. The Morgan fingerprint density at radius 1 is 1.62 bits per heavy atom. The molecule has 2 atom stereocenters. The summed E-state index contributed by atoms with van der Waals surface area (Å²) in [5, 5.41) is 0. The summed E-state index contributed by atoms with van der Waals surface area (Å²) in [6.07, 6.45) is 1.07. The highest BCUT2D eigenvalue weighted by molar-refractivity contribution is 6.19. The van der Waals surface area contributed by atoms with Crippen molar-refractivity contribution in [2.24, 2.45) is 5.92 Å². The van der Waals surface area contributed by atoms with E-state index < -0.39 is 0 Å². The van der Waals surface area contributed by atoms with Crippen molar-refractivity contribution in [3.05, 3.63) is 0 Å². The lowest BCUT2D eigenvalue weighted by molar-refractivity contribution is 0.122. The van der Waals surface area contributed by atoms with Crippen LogP contribution in [0.1, 0.15) is 20.3 Å². The van der Waals surface area contributed by atoms with Crippen molar-refractivity contribution in [1.29, 1.82) is 0 Å². The second kappa shape index (κ2) is 4.16. The minimum atomic E-state index is -0.111. The Hall–Kier alpha value is 0.250. The van der Waals surface area contributed by atoms with Gasteiger partial charge in [0, 0.05) is 7.11 Å². The van der Waals surface area contributed by atoms with Crippen LogP contribution in [-0.4, -0.2) is 12.7 Å². The Kier molecular flexibility index (Phi) is 4.29. The van der Waals surface area contributed by atoms with Crippen LogP contribution in [0.4, 0.5) is 0 Å². The number of methoxy groups -OCH3 is 1. The topological polar surface area (TPSA) is 9.23 Å². The van der Waals surface area contributed by atoms with Crippen LogP contribution in [0.25, 0.3) is 0 Å². The third kappa shape index (κ3) is 2.53. The average molecular weight is 137 g/mol. The fourth-order valence-corrected chi connectivity index (χ4v) is 0.596. The molecule has 0 aromatic heterocycles. The Labute approximate surface area is 56.0 Å². The quantitative estimate of drug-likeness (QED) is 0.541. The normalized spacial score (nSPS) is 18.0. The maximum Gasteiger partial charge on any atom is 0.133 e. The Morgan fingerprint density at radius 3 is 2.25 bits per heavy atom. The Balaban J connectivity index is 3.29. The summed E-state index contributed by atoms with van der Waals surface area (Å²) < 4.78 is 4.87. The van der Waals surface area contributed by atoms with E-state index in [1.54, 1.807) is 7.11 Å². The molecular weight excluding hydrogens is 124 g/mol. The van der Waals surface area contributed by atoms with Crippen molar-refractivity contribution in [3.63, 3.8) is 0 Å². The summed E-state index contributed by atoms with van der Waals surface area (Å²) in [6.45, 7) is 4.17. The summed E-state index contributed by atoms with van der Waals surface area (Å²) >= 11 is 5.69. The van der Waals surface area contributed by atoms with E-state index >= 15 is 0 Å². The molecule has 0 saturated heterocycles. The monoisotopic (exact) mass is 136 g/mol. The Bertz CT molecular complexity index is 48.5. The van der Waals surface area contributed by atoms with E-state index in [1.165, 1.54) is 0 Å². The number of hydrogen-bond acceptors (Lipinski definition) is 1. The minimum Gasteiger partial charge on any atom is -0.365 e. The summed E-state index contributed by atoms with van der Waals surface area (Å²) in [5.41, 5.74) is -0.111. The molecule has 0 aliphatic carbocycles. The zero-order valence-corrected chi connectivity index (χ0v) is 6.40. The SMILES string of the molecule is CCC(C)C(Cl)OC. The molecule has 8 heavy (non-hydrogen) atoms. The second-order valence-electron chi connectivity index (χ2n) is 1.97. The molecule has 0 aliphatic heterocycles. The van der Waals surface area contributed by atoms with Crippen molar-refractivity contribution in [2.45, 2.75) is 25.8 Å². The van der Waals surface area contributed by atoms with Crippen LogP contribution in [-0.2, 0) is 4.74 Å². The van der Waals surface area contributed by atoms with Gasteiger partial charge in [0.15, 0.2) is 0 Å². The van der Waals surface area contributed by atoms with Crippen LogP contribution >= 0.6 is 11.6 Å². The fraction of sp³-hybridized carbons (Fsp3) is 1.00. The van der Waals surface area contributed by atoms with Crippen LogP contribution in [0.2, 0.25) is 0 Å². The van der Waals surface area contributed by atoms with Crippen LogP contribution in [0.5, 0.6) is 0 Å². The number of hydrogen-bond donors (Lipinski definition) is 0. The van der Waals surface area contributed by atoms with E-state index in [0.29, 0.717) is 5.92 Å². The van der Waals surface area contributed by atoms with E-state index in [-0.39, 0.29) is 5.56 Å². The molecule has 0 radical (unpaired) electrons. The second-order valence-corrected chi connectivity index (χ2v) is 2.40. The zero-order valence-electron chi connectivity index (χ0n) is 5.65. The molecule has 0 rings (SSSR count). The minimum absolute atomic E-state index is 0.111. The van der Waals surface area contributed by atoms with E-state index in [9.17, 15) is 0 Å². The standard InChI is InChI=1S/C6H13ClO/c1-4-5(2)6(7)8-3/h5-6H,4H2,1-3H3. The number of halogens is 1. The molecule has 0 amide bonds. The van der Waals surface area contributed by atoms with Gasteiger partial charge in [-0.1, -0.05) is 25.4 Å². The maximum atomic E-state index is 5.69. The summed E-state index contributed by atoms with van der Waals surface area (Å²) in [4.78, 5) is 0. The predicted octanol–water partition coefficient (Wildman–Crippen LogP) is 2.24. The molecule has 50 valence electrons. The van der Waals surface area contributed by atoms with Crippen molar-refractivity contribution in [2.75, 3.05) is 7.11 Å². The number of rotatable bonds is 3. The van der Waals surface area contributed by atoms with Crippen LogP contribution in [0, 0.1) is 5.92 Å². The lowest BCUT2D eigenvalue weighted by Crippen LogP contribution is -2.11. The molecule has 0 fully saturated rings. The molecule has 0 aromatic rings. The molecule has 0 N–H and O–H groups in total. The summed E-state index contributed by atoms with van der Waals surface area (Å²) in [5.74, 6) is 0.460. The Morgan fingerprint density at radius 2 is 2.12 bits per heavy atom. The van der Waals surface area contributed by atoms with Crippen LogP contribution < -0.4 is 0 Å². The van der Waals surface area contributed by atoms with E-state index in [1.807, 2.05) is 0 Å². The van der Waals surface area contributed by atoms with Crippen molar-refractivity contribution >= 4 is 11.6 Å². The number of ether oxygens (including phenoxy) is 1. The third-order valence-electron chi connectivity index (χ3n) is 1.32. The van der Waals surface area contributed by atoms with Gasteiger partial charge in [0.1, 0.15) is 5.56 Å². The smallest absolute Gasteiger partial charge is 0.133 e. The van der Waals surface area contributed by atoms with E-state index in [2.05, 4.69) is 13.8 Å². The van der Waals surface area contributed by atoms with Gasteiger partial charge in [-0.3, -0.25) is 0 Å². The van der Waals surface area contributed by atoms with Crippen LogP contribution in [0.15, 0.2) is 0 Å². The molecule has 0 bridgehead atoms. The molecule has 2 heteroatoms.